The lowest BCUT2D eigenvalue weighted by Crippen LogP contribution is -2.28. The van der Waals surface area contributed by atoms with Crippen molar-refractivity contribution in [2.45, 2.75) is 95.9 Å². The molecule has 0 N–H and O–H groups in total. The molecule has 164 valence electrons. The van der Waals surface area contributed by atoms with E-state index in [1.165, 1.54) is 69.5 Å². The lowest BCUT2D eigenvalue weighted by molar-refractivity contribution is -0.0522. The first-order chi connectivity index (χ1) is 14.0. The molecular formula is C24H37F3OSi. The predicted molar refractivity (Wildman–Crippen MR) is 116 cm³/mol. The van der Waals surface area contributed by atoms with Crippen molar-refractivity contribution >= 4 is 8.80 Å². The first kappa shape index (κ1) is 22.7. The normalized spacial score (nSPS) is 27.9. The molecule has 0 amide bonds. The minimum atomic E-state index is -2.99. The first-order valence-corrected chi connectivity index (χ1v) is 14.2. The van der Waals surface area contributed by atoms with E-state index in [2.05, 4.69) is 11.7 Å². The Morgan fingerprint density at radius 3 is 2.31 bits per heavy atom. The highest BCUT2D eigenvalue weighted by Crippen LogP contribution is 2.41. The highest BCUT2D eigenvalue weighted by atomic mass is 28.3. The summed E-state index contributed by atoms with van der Waals surface area (Å²) in [6, 6.07) is 9.03. The molecule has 1 saturated heterocycles. The van der Waals surface area contributed by atoms with E-state index >= 15 is 0 Å². The van der Waals surface area contributed by atoms with Crippen LogP contribution < -0.4 is 4.74 Å². The SMILES string of the molecule is CC[SiH]1CCC([C@H]2CC[C@H](CCCCc3ccc(OC(F)F)c(F)c3)CC2)CC1. The topological polar surface area (TPSA) is 9.23 Å². The number of benzene rings is 1. The first-order valence-electron chi connectivity index (χ1n) is 11.8. The minimum absolute atomic E-state index is 0.332. The summed E-state index contributed by atoms with van der Waals surface area (Å²) in [5.41, 5.74) is 0.860. The average Bonchev–Trinajstić information content (AvgIpc) is 2.73. The number of alkyl halides is 2. The quantitative estimate of drug-likeness (QED) is 0.292. The van der Waals surface area contributed by atoms with Crippen molar-refractivity contribution in [1.82, 2.24) is 0 Å². The third kappa shape index (κ3) is 7.04. The number of unbranched alkanes of at least 4 members (excludes halogenated alkanes) is 1. The number of halogens is 3. The van der Waals surface area contributed by atoms with Gasteiger partial charge in [-0.2, -0.15) is 8.78 Å². The maximum atomic E-state index is 13.8. The van der Waals surface area contributed by atoms with Crippen LogP contribution in [0.1, 0.15) is 70.3 Å². The molecule has 2 fully saturated rings. The molecule has 0 unspecified atom stereocenters. The van der Waals surface area contributed by atoms with E-state index in [-0.39, 0.29) is 14.5 Å². The fourth-order valence-corrected chi connectivity index (χ4v) is 8.57. The Balaban J connectivity index is 1.31. The van der Waals surface area contributed by atoms with Gasteiger partial charge in [0, 0.05) is 8.80 Å². The summed E-state index contributed by atoms with van der Waals surface area (Å²) in [5, 5.41) is 0. The van der Waals surface area contributed by atoms with Gasteiger partial charge >= 0.3 is 6.61 Å². The van der Waals surface area contributed by atoms with Crippen LogP contribution in [0.3, 0.4) is 0 Å². The van der Waals surface area contributed by atoms with Crippen LogP contribution in [0.5, 0.6) is 5.75 Å². The average molecular weight is 427 g/mol. The van der Waals surface area contributed by atoms with Gasteiger partial charge in [0.25, 0.3) is 0 Å². The van der Waals surface area contributed by atoms with Crippen molar-refractivity contribution in [2.75, 3.05) is 0 Å². The Bertz CT molecular complexity index is 608. The summed E-state index contributed by atoms with van der Waals surface area (Å²) in [5.74, 6) is 1.82. The van der Waals surface area contributed by atoms with Crippen molar-refractivity contribution in [3.8, 4) is 5.75 Å². The van der Waals surface area contributed by atoms with Gasteiger partial charge in [0.05, 0.1) is 0 Å². The van der Waals surface area contributed by atoms with Crippen molar-refractivity contribution in [3.63, 3.8) is 0 Å². The van der Waals surface area contributed by atoms with Crippen LogP contribution in [0.2, 0.25) is 18.1 Å². The molecule has 0 spiro atoms. The summed E-state index contributed by atoms with van der Waals surface area (Å²) in [4.78, 5) is 0. The second-order valence-corrected chi connectivity index (χ2v) is 13.1. The number of hydrogen-bond donors (Lipinski definition) is 0. The maximum Gasteiger partial charge on any atom is 0.387 e. The van der Waals surface area contributed by atoms with Crippen LogP contribution in [0.4, 0.5) is 13.2 Å². The standard InChI is InChI=1S/C24H37F3OSi/c1-2-29-15-13-21(14-16-29)20-10-7-18(8-11-20)5-3-4-6-19-9-12-23(22(25)17-19)28-24(26)27/h9,12,17-18,20-21,24,29H,2-8,10-11,13-16H2,1H3/t18-,20-,21?,29?. The van der Waals surface area contributed by atoms with Gasteiger partial charge < -0.3 is 4.74 Å². The summed E-state index contributed by atoms with van der Waals surface area (Å²) in [6.07, 6.45) is 13.0. The van der Waals surface area contributed by atoms with Crippen LogP contribution >= 0.6 is 0 Å². The van der Waals surface area contributed by atoms with Gasteiger partial charge in [-0.3, -0.25) is 0 Å². The van der Waals surface area contributed by atoms with Gasteiger partial charge in [0.15, 0.2) is 11.6 Å². The number of aryl methyl sites for hydroxylation is 1. The minimum Gasteiger partial charge on any atom is -0.432 e. The molecule has 1 nitrogen and oxygen atoms in total. The molecule has 0 bridgehead atoms. The Kier molecular flexibility index (Phi) is 8.95. The zero-order valence-electron chi connectivity index (χ0n) is 17.9. The van der Waals surface area contributed by atoms with E-state index in [0.717, 1.165) is 36.2 Å². The van der Waals surface area contributed by atoms with Gasteiger partial charge in [0.1, 0.15) is 0 Å². The maximum absolute atomic E-state index is 13.8. The van der Waals surface area contributed by atoms with Gasteiger partial charge in [-0.1, -0.05) is 69.6 Å². The van der Waals surface area contributed by atoms with Crippen LogP contribution in [0.25, 0.3) is 0 Å². The van der Waals surface area contributed by atoms with E-state index in [1.807, 2.05) is 0 Å². The third-order valence-electron chi connectivity index (χ3n) is 7.57. The predicted octanol–water partition coefficient (Wildman–Crippen LogP) is 7.60. The molecule has 1 aromatic carbocycles. The largest absolute Gasteiger partial charge is 0.432 e. The molecule has 29 heavy (non-hydrogen) atoms. The molecule has 1 aliphatic carbocycles. The summed E-state index contributed by atoms with van der Waals surface area (Å²) in [7, 11) is -0.332. The van der Waals surface area contributed by atoms with E-state index in [9.17, 15) is 13.2 Å². The molecule has 1 aromatic rings. The molecule has 3 rings (SSSR count). The molecule has 2 aliphatic rings. The number of rotatable bonds is 9. The number of hydrogen-bond acceptors (Lipinski definition) is 1. The van der Waals surface area contributed by atoms with Crippen LogP contribution in [0.15, 0.2) is 18.2 Å². The molecule has 1 aliphatic heterocycles. The van der Waals surface area contributed by atoms with E-state index in [4.69, 9.17) is 0 Å². The Morgan fingerprint density at radius 2 is 1.69 bits per heavy atom. The lowest BCUT2D eigenvalue weighted by Gasteiger charge is -2.37. The molecule has 1 heterocycles. The Morgan fingerprint density at radius 1 is 1.00 bits per heavy atom. The Labute approximate surface area is 176 Å². The van der Waals surface area contributed by atoms with Crippen LogP contribution in [0, 0.1) is 23.6 Å². The fourth-order valence-electron chi connectivity index (χ4n) is 5.67. The van der Waals surface area contributed by atoms with Gasteiger partial charge in [-0.05, 0) is 61.1 Å². The van der Waals surface area contributed by atoms with Crippen LogP contribution in [-0.2, 0) is 6.42 Å². The van der Waals surface area contributed by atoms with Gasteiger partial charge in [-0.15, -0.1) is 0 Å². The van der Waals surface area contributed by atoms with Crippen LogP contribution in [-0.4, -0.2) is 15.4 Å². The highest BCUT2D eigenvalue weighted by Gasteiger charge is 2.30. The highest BCUT2D eigenvalue weighted by molar-refractivity contribution is 6.58. The zero-order valence-corrected chi connectivity index (χ0v) is 19.0. The van der Waals surface area contributed by atoms with Gasteiger partial charge in [0.2, 0.25) is 0 Å². The van der Waals surface area contributed by atoms with Gasteiger partial charge in [-0.25, -0.2) is 4.39 Å². The molecule has 0 atom stereocenters. The molecule has 0 aromatic heterocycles. The molecule has 0 radical (unpaired) electrons. The second kappa shape index (κ2) is 11.4. The van der Waals surface area contributed by atoms with Crippen molar-refractivity contribution in [2.24, 2.45) is 17.8 Å². The van der Waals surface area contributed by atoms with Crippen molar-refractivity contribution in [1.29, 1.82) is 0 Å². The third-order valence-corrected chi connectivity index (χ3v) is 11.0. The summed E-state index contributed by atoms with van der Waals surface area (Å²) in [6.45, 7) is -0.589. The van der Waals surface area contributed by atoms with Crippen molar-refractivity contribution < 1.29 is 17.9 Å². The van der Waals surface area contributed by atoms with E-state index in [1.54, 1.807) is 18.2 Å². The molecule has 1 saturated carbocycles. The second-order valence-electron chi connectivity index (χ2n) is 9.36. The zero-order chi connectivity index (χ0) is 20.6. The smallest absolute Gasteiger partial charge is 0.387 e. The molecular weight excluding hydrogens is 389 g/mol. The fraction of sp³-hybridized carbons (Fsp3) is 0.750. The van der Waals surface area contributed by atoms with E-state index in [0.29, 0.717) is 0 Å². The monoisotopic (exact) mass is 426 g/mol. The Hall–Kier alpha value is -0.973. The number of ether oxygens (including phenoxy) is 1. The summed E-state index contributed by atoms with van der Waals surface area (Å²) < 4.78 is 42.3. The lowest BCUT2D eigenvalue weighted by atomic mass is 9.73. The molecule has 5 heteroatoms. The summed E-state index contributed by atoms with van der Waals surface area (Å²) >= 11 is 0. The van der Waals surface area contributed by atoms with E-state index < -0.39 is 12.4 Å². The van der Waals surface area contributed by atoms with Crippen molar-refractivity contribution in [3.05, 3.63) is 29.6 Å².